The van der Waals surface area contributed by atoms with Crippen molar-refractivity contribution in [2.24, 2.45) is 5.92 Å². The first-order chi connectivity index (χ1) is 12.3. The number of rotatable bonds is 6. The number of nitrogens with zero attached hydrogens (tertiary/aromatic N) is 2. The van der Waals surface area contributed by atoms with Crippen molar-refractivity contribution in [1.29, 1.82) is 0 Å². The van der Waals surface area contributed by atoms with E-state index in [1.165, 1.54) is 11.1 Å². The first kappa shape index (κ1) is 16.7. The molecule has 4 rings (SSSR count). The Morgan fingerprint density at radius 1 is 1.20 bits per heavy atom. The Kier molecular flexibility index (Phi) is 4.84. The molecule has 1 aromatic carbocycles. The van der Waals surface area contributed by atoms with E-state index in [4.69, 9.17) is 9.47 Å². The lowest BCUT2D eigenvalue weighted by Crippen LogP contribution is -2.64. The summed E-state index contributed by atoms with van der Waals surface area (Å²) >= 11 is 0. The van der Waals surface area contributed by atoms with Gasteiger partial charge in [-0.25, -0.2) is 0 Å². The molecule has 2 saturated heterocycles. The van der Waals surface area contributed by atoms with Crippen LogP contribution in [-0.2, 0) is 22.6 Å². The fourth-order valence-corrected chi connectivity index (χ4v) is 4.01. The van der Waals surface area contributed by atoms with Gasteiger partial charge in [0.15, 0.2) is 0 Å². The number of hydrogen-bond donors (Lipinski definition) is 0. The Balaban J connectivity index is 1.28. The van der Waals surface area contributed by atoms with Crippen molar-refractivity contribution in [3.05, 3.63) is 65.5 Å². The molecule has 0 bridgehead atoms. The van der Waals surface area contributed by atoms with E-state index in [9.17, 15) is 0 Å². The Bertz CT molecular complexity index is 698. The molecule has 4 heteroatoms. The summed E-state index contributed by atoms with van der Waals surface area (Å²) in [5.74, 6) is 0.490. The molecule has 1 unspecified atom stereocenters. The van der Waals surface area contributed by atoms with E-state index < -0.39 is 0 Å². The first-order valence-corrected chi connectivity index (χ1v) is 9.14. The molecule has 4 nitrogen and oxygen atoms in total. The van der Waals surface area contributed by atoms with Crippen LogP contribution in [0.25, 0.3) is 0 Å². The Labute approximate surface area is 149 Å². The summed E-state index contributed by atoms with van der Waals surface area (Å²) in [6.45, 7) is 7.42. The van der Waals surface area contributed by atoms with Gasteiger partial charge in [0.2, 0.25) is 0 Å². The molecule has 25 heavy (non-hydrogen) atoms. The molecular formula is C21H26N2O2. The zero-order chi connectivity index (χ0) is 17.1. The van der Waals surface area contributed by atoms with Gasteiger partial charge in [0.05, 0.1) is 24.5 Å². The molecule has 0 amide bonds. The van der Waals surface area contributed by atoms with Gasteiger partial charge in [-0.1, -0.05) is 30.3 Å². The monoisotopic (exact) mass is 338 g/mol. The highest BCUT2D eigenvalue weighted by atomic mass is 16.5. The SMILES string of the molecule is Cc1ccccc1CN1CC2(C1)OCCC2COCc1ccccn1. The molecule has 2 fully saturated rings. The minimum Gasteiger partial charge on any atom is -0.375 e. The molecule has 0 radical (unpaired) electrons. The van der Waals surface area contributed by atoms with Gasteiger partial charge < -0.3 is 9.47 Å². The predicted molar refractivity (Wildman–Crippen MR) is 97.1 cm³/mol. The van der Waals surface area contributed by atoms with E-state index in [0.29, 0.717) is 12.5 Å². The van der Waals surface area contributed by atoms with Crippen LogP contribution in [0.5, 0.6) is 0 Å². The summed E-state index contributed by atoms with van der Waals surface area (Å²) < 4.78 is 12.1. The average Bonchev–Trinajstić information content (AvgIpc) is 3.01. The van der Waals surface area contributed by atoms with Gasteiger partial charge in [0.1, 0.15) is 0 Å². The molecule has 132 valence electrons. The van der Waals surface area contributed by atoms with Gasteiger partial charge in [-0.15, -0.1) is 0 Å². The zero-order valence-electron chi connectivity index (χ0n) is 14.9. The fourth-order valence-electron chi connectivity index (χ4n) is 4.01. The molecular weight excluding hydrogens is 312 g/mol. The van der Waals surface area contributed by atoms with Crippen LogP contribution < -0.4 is 0 Å². The normalized spacial score (nSPS) is 22.2. The molecule has 1 spiro atoms. The topological polar surface area (TPSA) is 34.6 Å². The first-order valence-electron chi connectivity index (χ1n) is 9.14. The highest BCUT2D eigenvalue weighted by Crippen LogP contribution is 2.40. The fraction of sp³-hybridized carbons (Fsp3) is 0.476. The number of pyridine rings is 1. The lowest BCUT2D eigenvalue weighted by atomic mass is 9.81. The summed E-state index contributed by atoms with van der Waals surface area (Å²) in [6, 6.07) is 14.6. The second kappa shape index (κ2) is 7.24. The van der Waals surface area contributed by atoms with E-state index in [0.717, 1.165) is 45.0 Å². The van der Waals surface area contributed by atoms with Crippen molar-refractivity contribution < 1.29 is 9.47 Å². The van der Waals surface area contributed by atoms with Crippen LogP contribution in [0.15, 0.2) is 48.7 Å². The van der Waals surface area contributed by atoms with E-state index in [2.05, 4.69) is 41.1 Å². The summed E-state index contributed by atoms with van der Waals surface area (Å²) in [5, 5.41) is 0. The second-order valence-corrected chi connectivity index (χ2v) is 7.31. The number of aryl methyl sites for hydroxylation is 1. The maximum absolute atomic E-state index is 6.15. The van der Waals surface area contributed by atoms with Crippen LogP contribution in [0.1, 0.15) is 23.2 Å². The van der Waals surface area contributed by atoms with E-state index >= 15 is 0 Å². The van der Waals surface area contributed by atoms with Gasteiger partial charge in [-0.05, 0) is 36.6 Å². The van der Waals surface area contributed by atoms with Crippen molar-refractivity contribution in [2.45, 2.75) is 32.1 Å². The summed E-state index contributed by atoms with van der Waals surface area (Å²) in [7, 11) is 0. The highest BCUT2D eigenvalue weighted by molar-refractivity contribution is 5.26. The van der Waals surface area contributed by atoms with Crippen LogP contribution in [-0.4, -0.2) is 41.8 Å². The van der Waals surface area contributed by atoms with Gasteiger partial charge in [0, 0.05) is 38.4 Å². The molecule has 0 N–H and O–H groups in total. The van der Waals surface area contributed by atoms with Gasteiger partial charge >= 0.3 is 0 Å². The lowest BCUT2D eigenvalue weighted by molar-refractivity contribution is -0.146. The largest absolute Gasteiger partial charge is 0.375 e. The third-order valence-corrected chi connectivity index (χ3v) is 5.53. The smallest absolute Gasteiger partial charge is 0.0985 e. The summed E-state index contributed by atoms with van der Waals surface area (Å²) in [6.07, 6.45) is 2.91. The highest BCUT2D eigenvalue weighted by Gasteiger charge is 2.52. The second-order valence-electron chi connectivity index (χ2n) is 7.31. The number of likely N-dealkylation sites (tertiary alicyclic amines) is 1. The van der Waals surface area contributed by atoms with Gasteiger partial charge in [0.25, 0.3) is 0 Å². The lowest BCUT2D eigenvalue weighted by Gasteiger charge is -2.50. The standard InChI is InChI=1S/C21H26N2O2/c1-17-6-2-3-7-18(17)12-23-15-21(16-23)19(9-11-25-21)13-24-14-20-8-4-5-10-22-20/h2-8,10,19H,9,11-16H2,1H3. The van der Waals surface area contributed by atoms with Crippen molar-refractivity contribution in [3.63, 3.8) is 0 Å². The average molecular weight is 338 g/mol. The molecule has 0 aliphatic carbocycles. The molecule has 3 heterocycles. The molecule has 1 aromatic heterocycles. The van der Waals surface area contributed by atoms with E-state index in [1.54, 1.807) is 0 Å². The maximum Gasteiger partial charge on any atom is 0.0985 e. The Morgan fingerprint density at radius 2 is 2.04 bits per heavy atom. The number of ether oxygens (including phenoxy) is 2. The van der Waals surface area contributed by atoms with E-state index in [1.807, 2.05) is 24.4 Å². The van der Waals surface area contributed by atoms with Gasteiger partial charge in [-0.3, -0.25) is 9.88 Å². The van der Waals surface area contributed by atoms with Crippen LogP contribution in [0.2, 0.25) is 0 Å². The summed E-state index contributed by atoms with van der Waals surface area (Å²) in [5.41, 5.74) is 3.78. The molecule has 1 atom stereocenters. The number of hydrogen-bond acceptors (Lipinski definition) is 4. The minimum absolute atomic E-state index is 0.00675. The van der Waals surface area contributed by atoms with Crippen molar-refractivity contribution in [3.8, 4) is 0 Å². The molecule has 2 aliphatic rings. The summed E-state index contributed by atoms with van der Waals surface area (Å²) in [4.78, 5) is 6.80. The third kappa shape index (κ3) is 3.61. The van der Waals surface area contributed by atoms with Crippen molar-refractivity contribution >= 4 is 0 Å². The predicted octanol–water partition coefficient (Wildman–Crippen LogP) is 3.20. The minimum atomic E-state index is 0.00675. The Morgan fingerprint density at radius 3 is 2.84 bits per heavy atom. The molecule has 2 aromatic rings. The van der Waals surface area contributed by atoms with Crippen LogP contribution in [0.4, 0.5) is 0 Å². The van der Waals surface area contributed by atoms with Gasteiger partial charge in [-0.2, -0.15) is 0 Å². The molecule has 2 aliphatic heterocycles. The van der Waals surface area contributed by atoms with Crippen molar-refractivity contribution in [2.75, 3.05) is 26.3 Å². The molecule has 0 saturated carbocycles. The van der Waals surface area contributed by atoms with E-state index in [-0.39, 0.29) is 5.60 Å². The third-order valence-electron chi connectivity index (χ3n) is 5.53. The number of aromatic nitrogens is 1. The maximum atomic E-state index is 6.15. The van der Waals surface area contributed by atoms with Crippen molar-refractivity contribution in [1.82, 2.24) is 9.88 Å². The Hall–Kier alpha value is -1.75. The van der Waals surface area contributed by atoms with Crippen LogP contribution in [0.3, 0.4) is 0 Å². The van der Waals surface area contributed by atoms with Crippen LogP contribution in [0, 0.1) is 12.8 Å². The zero-order valence-corrected chi connectivity index (χ0v) is 14.9. The van der Waals surface area contributed by atoms with Crippen LogP contribution >= 0.6 is 0 Å². The quantitative estimate of drug-likeness (QED) is 0.810. The number of benzene rings is 1.